The summed E-state index contributed by atoms with van der Waals surface area (Å²) >= 11 is 4.74. The summed E-state index contributed by atoms with van der Waals surface area (Å²) in [7, 11) is 0. The van der Waals surface area contributed by atoms with Gasteiger partial charge in [-0.2, -0.15) is 0 Å². The van der Waals surface area contributed by atoms with Gasteiger partial charge >= 0.3 is 0 Å². The first-order chi connectivity index (χ1) is 7.02. The molecule has 0 aliphatic heterocycles. The molecular weight excluding hydrogens is 212 g/mol. The van der Waals surface area contributed by atoms with Gasteiger partial charge in [-0.25, -0.2) is 0 Å². The van der Waals surface area contributed by atoms with Crippen LogP contribution in [0.5, 0.6) is 0 Å². The molecule has 0 bridgehead atoms. The van der Waals surface area contributed by atoms with Crippen LogP contribution >= 0.6 is 12.2 Å². The van der Waals surface area contributed by atoms with Crippen molar-refractivity contribution in [3.8, 4) is 0 Å². The fraction of sp³-hybridized carbons (Fsp3) is 0.800. The Morgan fingerprint density at radius 1 is 1.47 bits per heavy atom. The van der Waals surface area contributed by atoms with Crippen LogP contribution in [0.15, 0.2) is 0 Å². The molecular formula is C10H20N2O2S. The zero-order valence-electron chi connectivity index (χ0n) is 9.41. The smallest absolute Gasteiger partial charge is 0.246 e. The van der Waals surface area contributed by atoms with Crippen molar-refractivity contribution in [3.05, 3.63) is 0 Å². The van der Waals surface area contributed by atoms with Crippen molar-refractivity contribution in [3.63, 3.8) is 0 Å². The number of rotatable bonds is 8. The van der Waals surface area contributed by atoms with E-state index < -0.39 is 0 Å². The fourth-order valence-corrected chi connectivity index (χ4v) is 1.09. The molecule has 1 amide bonds. The Bertz CT molecular complexity index is 208. The van der Waals surface area contributed by atoms with E-state index in [4.69, 9.17) is 22.7 Å². The minimum absolute atomic E-state index is 0.0703. The van der Waals surface area contributed by atoms with Gasteiger partial charge in [0.2, 0.25) is 5.91 Å². The Kier molecular flexibility index (Phi) is 8.22. The first-order valence-electron chi connectivity index (χ1n) is 5.19. The molecule has 15 heavy (non-hydrogen) atoms. The number of nitrogens with two attached hydrogens (primary N) is 1. The van der Waals surface area contributed by atoms with Crippen molar-refractivity contribution in [1.29, 1.82) is 0 Å². The molecule has 0 spiro atoms. The lowest BCUT2D eigenvalue weighted by Gasteiger charge is -2.08. The van der Waals surface area contributed by atoms with E-state index in [1.807, 2.05) is 13.8 Å². The predicted molar refractivity (Wildman–Crippen MR) is 64.7 cm³/mol. The number of ether oxygens (including phenoxy) is 1. The lowest BCUT2D eigenvalue weighted by molar-refractivity contribution is -0.127. The second-order valence-electron chi connectivity index (χ2n) is 3.63. The molecule has 0 aliphatic rings. The second kappa shape index (κ2) is 8.61. The molecule has 4 nitrogen and oxygen atoms in total. The maximum atomic E-state index is 11.2. The van der Waals surface area contributed by atoms with Gasteiger partial charge in [-0.3, -0.25) is 4.79 Å². The molecule has 0 rings (SSSR count). The van der Waals surface area contributed by atoms with E-state index >= 15 is 0 Å². The minimum atomic E-state index is -0.0703. The van der Waals surface area contributed by atoms with Gasteiger partial charge in [0, 0.05) is 6.54 Å². The van der Waals surface area contributed by atoms with Gasteiger partial charge in [0.05, 0.1) is 11.1 Å². The van der Waals surface area contributed by atoms with Crippen molar-refractivity contribution in [2.24, 2.45) is 5.73 Å². The summed E-state index contributed by atoms with van der Waals surface area (Å²) in [4.78, 5) is 11.7. The lowest BCUT2D eigenvalue weighted by Crippen LogP contribution is -2.29. The van der Waals surface area contributed by atoms with Crippen LogP contribution in [-0.2, 0) is 9.53 Å². The van der Waals surface area contributed by atoms with Crippen molar-refractivity contribution in [1.82, 2.24) is 5.32 Å². The molecule has 0 aromatic carbocycles. The van der Waals surface area contributed by atoms with Gasteiger partial charge in [0.1, 0.15) is 6.61 Å². The van der Waals surface area contributed by atoms with E-state index in [9.17, 15) is 4.79 Å². The third-order valence-electron chi connectivity index (χ3n) is 1.72. The van der Waals surface area contributed by atoms with Gasteiger partial charge in [0.15, 0.2) is 0 Å². The highest BCUT2D eigenvalue weighted by Crippen LogP contribution is 1.94. The average Bonchev–Trinajstić information content (AvgIpc) is 2.13. The molecule has 88 valence electrons. The second-order valence-corrected chi connectivity index (χ2v) is 4.16. The van der Waals surface area contributed by atoms with E-state index in [-0.39, 0.29) is 18.6 Å². The molecule has 0 aromatic rings. The van der Waals surface area contributed by atoms with Crippen molar-refractivity contribution in [2.45, 2.75) is 39.2 Å². The lowest BCUT2D eigenvalue weighted by atomic mass is 10.2. The Morgan fingerprint density at radius 3 is 2.67 bits per heavy atom. The minimum Gasteiger partial charge on any atom is -0.393 e. The Labute approximate surface area is 96.5 Å². The molecule has 5 heteroatoms. The zero-order valence-corrected chi connectivity index (χ0v) is 10.2. The third-order valence-corrected chi connectivity index (χ3v) is 1.92. The number of thiocarbonyl (C=S) groups is 1. The van der Waals surface area contributed by atoms with Crippen LogP contribution in [0.1, 0.15) is 33.1 Å². The molecule has 0 saturated carbocycles. The molecule has 3 N–H and O–H groups in total. The van der Waals surface area contributed by atoms with Crippen LogP contribution in [0.3, 0.4) is 0 Å². The van der Waals surface area contributed by atoms with Gasteiger partial charge in [-0.15, -0.1) is 0 Å². The van der Waals surface area contributed by atoms with E-state index in [1.165, 1.54) is 0 Å². The summed E-state index contributed by atoms with van der Waals surface area (Å²) in [5.41, 5.74) is 5.34. The largest absolute Gasteiger partial charge is 0.393 e. The molecule has 0 heterocycles. The van der Waals surface area contributed by atoms with Crippen LogP contribution in [0.4, 0.5) is 0 Å². The highest BCUT2D eigenvalue weighted by Gasteiger charge is 2.01. The first kappa shape index (κ1) is 14.3. The average molecular weight is 232 g/mol. The number of unbranched alkanes of at least 4 members (excludes halogenated alkanes) is 1. The van der Waals surface area contributed by atoms with Gasteiger partial charge in [-0.1, -0.05) is 12.2 Å². The number of carbonyl (C=O) groups excluding carboxylic acids is 1. The molecule has 0 fully saturated rings. The van der Waals surface area contributed by atoms with Crippen LogP contribution in [0, 0.1) is 0 Å². The van der Waals surface area contributed by atoms with Crippen molar-refractivity contribution >= 4 is 23.1 Å². The number of hydrogen-bond acceptors (Lipinski definition) is 3. The highest BCUT2D eigenvalue weighted by atomic mass is 32.1. The topological polar surface area (TPSA) is 64.3 Å². The Hall–Kier alpha value is -0.680. The normalized spacial score (nSPS) is 10.3. The number of amides is 1. The molecule has 0 saturated heterocycles. The predicted octanol–water partition coefficient (Wildman–Crippen LogP) is 0.984. The van der Waals surface area contributed by atoms with Crippen LogP contribution in [0.2, 0.25) is 0 Å². The molecule has 0 aliphatic carbocycles. The van der Waals surface area contributed by atoms with Crippen LogP contribution in [-0.4, -0.2) is 30.2 Å². The monoisotopic (exact) mass is 232 g/mol. The Morgan fingerprint density at radius 2 is 2.13 bits per heavy atom. The quantitative estimate of drug-likeness (QED) is 0.484. The van der Waals surface area contributed by atoms with E-state index in [0.717, 1.165) is 19.3 Å². The van der Waals surface area contributed by atoms with Gasteiger partial charge in [-0.05, 0) is 33.1 Å². The molecule has 0 atom stereocenters. The summed E-state index contributed by atoms with van der Waals surface area (Å²) in [5, 5.41) is 2.76. The summed E-state index contributed by atoms with van der Waals surface area (Å²) in [6.07, 6.45) is 2.64. The van der Waals surface area contributed by atoms with E-state index in [0.29, 0.717) is 11.5 Å². The Balaban J connectivity index is 3.28. The summed E-state index contributed by atoms with van der Waals surface area (Å²) in [6.45, 7) is 4.58. The van der Waals surface area contributed by atoms with Crippen LogP contribution < -0.4 is 11.1 Å². The summed E-state index contributed by atoms with van der Waals surface area (Å²) in [6, 6.07) is 0. The third kappa shape index (κ3) is 11.2. The molecule has 0 unspecified atom stereocenters. The van der Waals surface area contributed by atoms with Crippen molar-refractivity contribution < 1.29 is 9.53 Å². The summed E-state index contributed by atoms with van der Waals surface area (Å²) in [5.74, 6) is -0.0703. The zero-order chi connectivity index (χ0) is 11.7. The number of carbonyl (C=O) groups is 1. The van der Waals surface area contributed by atoms with E-state index in [2.05, 4.69) is 5.32 Å². The standard InChI is InChI=1S/C10H20N2O2S/c1-8(2)14-7-10(13)12-6-4-3-5-9(11)15/h8H,3-7H2,1-2H3,(H2,11,15)(H,12,13). The molecule has 0 radical (unpaired) electrons. The summed E-state index contributed by atoms with van der Waals surface area (Å²) < 4.78 is 5.15. The maximum absolute atomic E-state index is 11.2. The maximum Gasteiger partial charge on any atom is 0.246 e. The SMILES string of the molecule is CC(C)OCC(=O)NCCCCC(N)=S. The van der Waals surface area contributed by atoms with Crippen LogP contribution in [0.25, 0.3) is 0 Å². The highest BCUT2D eigenvalue weighted by molar-refractivity contribution is 7.80. The first-order valence-corrected chi connectivity index (χ1v) is 5.59. The van der Waals surface area contributed by atoms with Crippen molar-refractivity contribution in [2.75, 3.05) is 13.2 Å². The number of hydrogen-bond donors (Lipinski definition) is 2. The van der Waals surface area contributed by atoms with Gasteiger partial charge in [0.25, 0.3) is 0 Å². The fourth-order valence-electron chi connectivity index (χ4n) is 0.945. The van der Waals surface area contributed by atoms with Gasteiger partial charge < -0.3 is 15.8 Å². The number of nitrogens with one attached hydrogen (secondary N) is 1. The molecule has 0 aromatic heterocycles. The van der Waals surface area contributed by atoms with E-state index in [1.54, 1.807) is 0 Å².